The summed E-state index contributed by atoms with van der Waals surface area (Å²) < 4.78 is 18.2. The Labute approximate surface area is 186 Å². The first-order valence-electron chi connectivity index (χ1n) is 10.4. The Morgan fingerprint density at radius 2 is 1.94 bits per heavy atom. The molecule has 0 saturated heterocycles. The minimum Gasteiger partial charge on any atom is -0.355 e. The molecule has 31 heavy (non-hydrogen) atoms. The minimum absolute atomic E-state index is 0.133. The van der Waals surface area contributed by atoms with Crippen LogP contribution in [0.25, 0.3) is 10.2 Å². The number of nitrogens with one attached hydrogen (secondary N) is 2. The number of aromatic nitrogens is 1. The lowest BCUT2D eigenvalue weighted by atomic mass is 10.1. The summed E-state index contributed by atoms with van der Waals surface area (Å²) >= 11 is 1.60. The number of hydrogen-bond acceptors (Lipinski definition) is 6. The molecule has 0 radical (unpaired) electrons. The quantitative estimate of drug-likeness (QED) is 0.344. The summed E-state index contributed by atoms with van der Waals surface area (Å²) in [6.07, 6.45) is 1.36. The van der Waals surface area contributed by atoms with Crippen molar-refractivity contribution < 1.29 is 18.8 Å². The highest BCUT2D eigenvalue weighted by Crippen LogP contribution is 2.48. The van der Waals surface area contributed by atoms with Gasteiger partial charge in [-0.3, -0.25) is 9.36 Å². The van der Waals surface area contributed by atoms with Crippen LogP contribution in [0.5, 0.6) is 0 Å². The number of thiazole rings is 1. The number of para-hydroxylation sites is 1. The highest BCUT2D eigenvalue weighted by Gasteiger charge is 2.30. The standard InChI is InChI=1S/C22H28N3O4PS/c1-3-18(30(27,28)29-4-2)15-23-21(26)14-11-16-9-12-17(13-10-16)24-22-25-19-7-5-6-8-20(19)31-22/h5-10,12-13,18H,3-4,11,14-15H2,1-2H3,(H,23,26)(H,24,25)(H,27,28). The van der Waals surface area contributed by atoms with E-state index in [2.05, 4.69) is 15.6 Å². The van der Waals surface area contributed by atoms with E-state index in [-0.39, 0.29) is 19.1 Å². The lowest BCUT2D eigenvalue weighted by Crippen LogP contribution is -2.32. The fourth-order valence-electron chi connectivity index (χ4n) is 3.16. The van der Waals surface area contributed by atoms with Crippen LogP contribution in [-0.4, -0.2) is 34.6 Å². The average Bonchev–Trinajstić information content (AvgIpc) is 3.15. The summed E-state index contributed by atoms with van der Waals surface area (Å²) in [7, 11) is -3.71. The highest BCUT2D eigenvalue weighted by atomic mass is 32.1. The largest absolute Gasteiger partial charge is 0.355 e. The zero-order valence-corrected chi connectivity index (χ0v) is 19.4. The van der Waals surface area contributed by atoms with E-state index in [0.717, 1.165) is 26.6 Å². The van der Waals surface area contributed by atoms with E-state index >= 15 is 0 Å². The smallest absolute Gasteiger partial charge is 0.332 e. The first-order valence-corrected chi connectivity index (χ1v) is 12.8. The number of amides is 1. The number of benzene rings is 2. The molecule has 1 aromatic heterocycles. The Hall–Kier alpha value is -2.25. The summed E-state index contributed by atoms with van der Waals surface area (Å²) in [6, 6.07) is 15.9. The van der Waals surface area contributed by atoms with Gasteiger partial charge in [0.15, 0.2) is 5.13 Å². The van der Waals surface area contributed by atoms with Gasteiger partial charge in [-0.15, -0.1) is 0 Å². The molecule has 3 N–H and O–H groups in total. The molecule has 2 unspecified atom stereocenters. The van der Waals surface area contributed by atoms with Crippen LogP contribution in [-0.2, 0) is 20.3 Å². The van der Waals surface area contributed by atoms with Gasteiger partial charge in [-0.1, -0.05) is 42.5 Å². The van der Waals surface area contributed by atoms with E-state index in [0.29, 0.717) is 19.3 Å². The molecule has 166 valence electrons. The van der Waals surface area contributed by atoms with Gasteiger partial charge in [-0.2, -0.15) is 0 Å². The molecule has 0 aliphatic rings. The van der Waals surface area contributed by atoms with Crippen molar-refractivity contribution >= 4 is 45.9 Å². The van der Waals surface area contributed by atoms with Gasteiger partial charge in [0.2, 0.25) is 5.91 Å². The zero-order chi connectivity index (χ0) is 22.3. The van der Waals surface area contributed by atoms with Gasteiger partial charge in [0.25, 0.3) is 0 Å². The maximum atomic E-state index is 12.2. The molecule has 2 aromatic carbocycles. The van der Waals surface area contributed by atoms with Gasteiger partial charge in [0, 0.05) is 18.7 Å². The van der Waals surface area contributed by atoms with E-state index in [1.54, 1.807) is 18.3 Å². The molecule has 0 saturated carbocycles. The summed E-state index contributed by atoms with van der Waals surface area (Å²) in [5.41, 5.74) is 2.36. The minimum atomic E-state index is -3.71. The van der Waals surface area contributed by atoms with Crippen LogP contribution in [0.4, 0.5) is 10.8 Å². The van der Waals surface area contributed by atoms with Crippen LogP contribution in [0.2, 0.25) is 0 Å². The number of carbonyl (C=O) groups excluding carboxylic acids is 1. The number of aryl methyl sites for hydroxylation is 1. The molecule has 9 heteroatoms. The predicted octanol–water partition coefficient (Wildman–Crippen LogP) is 5.09. The van der Waals surface area contributed by atoms with Crippen molar-refractivity contribution in [1.29, 1.82) is 0 Å². The van der Waals surface area contributed by atoms with E-state index in [4.69, 9.17) is 4.52 Å². The number of fused-ring (bicyclic) bond motifs is 1. The van der Waals surface area contributed by atoms with Crippen LogP contribution in [0, 0.1) is 0 Å². The molecule has 7 nitrogen and oxygen atoms in total. The van der Waals surface area contributed by atoms with Gasteiger partial charge >= 0.3 is 7.60 Å². The fourth-order valence-corrected chi connectivity index (χ4v) is 5.41. The van der Waals surface area contributed by atoms with E-state index < -0.39 is 13.3 Å². The third kappa shape index (κ3) is 6.61. The normalized spacial score (nSPS) is 14.2. The number of anilines is 2. The second-order valence-corrected chi connectivity index (χ2v) is 10.3. The van der Waals surface area contributed by atoms with Crippen molar-refractivity contribution in [3.63, 3.8) is 0 Å². The third-order valence-corrected chi connectivity index (χ3v) is 7.97. The van der Waals surface area contributed by atoms with Crippen molar-refractivity contribution in [3.05, 3.63) is 54.1 Å². The number of hydrogen-bond donors (Lipinski definition) is 3. The third-order valence-electron chi connectivity index (χ3n) is 4.92. The Morgan fingerprint density at radius 1 is 1.19 bits per heavy atom. The Morgan fingerprint density at radius 3 is 2.61 bits per heavy atom. The molecule has 0 fully saturated rings. The molecular formula is C22H28N3O4PS. The SMILES string of the molecule is CCOP(=O)(O)C(CC)CNC(=O)CCc1ccc(Nc2nc3ccccc3s2)cc1. The number of carbonyl (C=O) groups is 1. The van der Waals surface area contributed by atoms with Crippen molar-refractivity contribution in [2.24, 2.45) is 0 Å². The van der Waals surface area contributed by atoms with Gasteiger partial charge in [-0.05, 0) is 49.6 Å². The molecule has 0 aliphatic heterocycles. The summed E-state index contributed by atoms with van der Waals surface area (Å²) in [4.78, 5) is 26.7. The van der Waals surface area contributed by atoms with Gasteiger partial charge in [0.1, 0.15) is 0 Å². The fraction of sp³-hybridized carbons (Fsp3) is 0.364. The predicted molar refractivity (Wildman–Crippen MR) is 126 cm³/mol. The second-order valence-electron chi connectivity index (χ2n) is 7.16. The monoisotopic (exact) mass is 461 g/mol. The topological polar surface area (TPSA) is 101 Å². The first kappa shape index (κ1) is 23.4. The molecule has 1 amide bonds. The van der Waals surface area contributed by atoms with Crippen LogP contribution in [0.3, 0.4) is 0 Å². The number of rotatable bonds is 11. The Kier molecular flexibility index (Phi) is 8.21. The average molecular weight is 462 g/mol. The number of nitrogens with zero attached hydrogens (tertiary/aromatic N) is 1. The maximum absolute atomic E-state index is 12.2. The second kappa shape index (κ2) is 10.9. The molecule has 3 rings (SSSR count). The molecule has 0 spiro atoms. The van der Waals surface area contributed by atoms with Crippen molar-refractivity contribution in [1.82, 2.24) is 10.3 Å². The van der Waals surface area contributed by atoms with Crippen molar-refractivity contribution in [2.75, 3.05) is 18.5 Å². The van der Waals surface area contributed by atoms with Gasteiger partial charge in [-0.25, -0.2) is 4.98 Å². The molecule has 0 bridgehead atoms. The summed E-state index contributed by atoms with van der Waals surface area (Å²) in [6.45, 7) is 3.78. The Bertz CT molecular complexity index is 1020. The molecule has 2 atom stereocenters. The molecular weight excluding hydrogens is 433 g/mol. The first-order chi connectivity index (χ1) is 14.9. The molecule has 3 aromatic rings. The lowest BCUT2D eigenvalue weighted by Gasteiger charge is -2.21. The van der Waals surface area contributed by atoms with Crippen molar-refractivity contribution in [2.45, 2.75) is 38.8 Å². The highest BCUT2D eigenvalue weighted by molar-refractivity contribution is 7.53. The van der Waals surface area contributed by atoms with Gasteiger partial charge in [0.05, 0.1) is 22.5 Å². The van der Waals surface area contributed by atoms with E-state index in [1.165, 1.54) is 0 Å². The van der Waals surface area contributed by atoms with E-state index in [9.17, 15) is 14.3 Å². The molecule has 1 heterocycles. The van der Waals surface area contributed by atoms with Crippen molar-refractivity contribution in [3.8, 4) is 0 Å². The summed E-state index contributed by atoms with van der Waals surface area (Å²) in [5, 5.41) is 6.91. The van der Waals surface area contributed by atoms with Crippen LogP contribution in [0.1, 0.15) is 32.3 Å². The zero-order valence-electron chi connectivity index (χ0n) is 17.7. The van der Waals surface area contributed by atoms with Gasteiger partial charge < -0.3 is 20.1 Å². The van der Waals surface area contributed by atoms with Crippen LogP contribution in [0.15, 0.2) is 48.5 Å². The molecule has 0 aliphatic carbocycles. The lowest BCUT2D eigenvalue weighted by molar-refractivity contribution is -0.121. The van der Waals surface area contributed by atoms with Crippen LogP contribution >= 0.6 is 18.9 Å². The Balaban J connectivity index is 1.47. The maximum Gasteiger partial charge on any atom is 0.332 e. The van der Waals surface area contributed by atoms with Crippen LogP contribution < -0.4 is 10.6 Å². The van der Waals surface area contributed by atoms with E-state index in [1.807, 2.05) is 55.5 Å². The summed E-state index contributed by atoms with van der Waals surface area (Å²) in [5.74, 6) is -0.147.